The summed E-state index contributed by atoms with van der Waals surface area (Å²) in [4.78, 5) is 0.310. The fourth-order valence-corrected chi connectivity index (χ4v) is 3.96. The van der Waals surface area contributed by atoms with Gasteiger partial charge in [0, 0.05) is 17.6 Å². The Labute approximate surface area is 128 Å². The molecule has 0 saturated heterocycles. The fraction of sp³-hybridized carbons (Fsp3) is 0.200. The van der Waals surface area contributed by atoms with Crippen molar-refractivity contribution in [2.45, 2.75) is 18.4 Å². The first kappa shape index (κ1) is 15.2. The first-order valence-electron chi connectivity index (χ1n) is 6.33. The standard InChI is InChI=1S/C15H16BrNO2S/c1-2-17(12-13-7-4-3-5-8-13)20(18,19)15-10-6-9-14(16)11-15/h3-11H,2,12H2,1H3. The zero-order chi connectivity index (χ0) is 14.6. The average molecular weight is 354 g/mol. The van der Waals surface area contributed by atoms with Gasteiger partial charge in [-0.1, -0.05) is 59.3 Å². The highest BCUT2D eigenvalue weighted by Gasteiger charge is 2.23. The molecule has 0 bridgehead atoms. The highest BCUT2D eigenvalue weighted by molar-refractivity contribution is 9.10. The molecule has 0 N–H and O–H groups in total. The van der Waals surface area contributed by atoms with E-state index in [2.05, 4.69) is 15.9 Å². The van der Waals surface area contributed by atoms with Crippen LogP contribution in [0.15, 0.2) is 64.0 Å². The van der Waals surface area contributed by atoms with Gasteiger partial charge in [0.25, 0.3) is 0 Å². The van der Waals surface area contributed by atoms with Gasteiger partial charge in [0.1, 0.15) is 0 Å². The van der Waals surface area contributed by atoms with Crippen LogP contribution < -0.4 is 0 Å². The Morgan fingerprint density at radius 3 is 2.35 bits per heavy atom. The van der Waals surface area contributed by atoms with Gasteiger partial charge in [0.2, 0.25) is 10.0 Å². The molecule has 0 spiro atoms. The van der Waals surface area contributed by atoms with E-state index in [9.17, 15) is 8.42 Å². The van der Waals surface area contributed by atoms with Crippen LogP contribution in [0.25, 0.3) is 0 Å². The van der Waals surface area contributed by atoms with E-state index >= 15 is 0 Å². The number of benzene rings is 2. The van der Waals surface area contributed by atoms with E-state index in [1.807, 2.05) is 43.3 Å². The summed E-state index contributed by atoms with van der Waals surface area (Å²) in [5.74, 6) is 0. The van der Waals surface area contributed by atoms with E-state index in [1.165, 1.54) is 4.31 Å². The quantitative estimate of drug-likeness (QED) is 0.822. The van der Waals surface area contributed by atoms with Crippen LogP contribution in [-0.2, 0) is 16.6 Å². The number of hydrogen-bond donors (Lipinski definition) is 0. The Hall–Kier alpha value is -1.17. The van der Waals surface area contributed by atoms with Gasteiger partial charge in [0.15, 0.2) is 0 Å². The summed E-state index contributed by atoms with van der Waals surface area (Å²) in [6, 6.07) is 16.4. The molecule has 0 fully saturated rings. The molecule has 0 unspecified atom stereocenters. The summed E-state index contributed by atoms with van der Waals surface area (Å²) in [6.45, 7) is 2.66. The molecule has 0 atom stereocenters. The molecule has 0 saturated carbocycles. The molecule has 5 heteroatoms. The van der Waals surface area contributed by atoms with Crippen LogP contribution in [0.1, 0.15) is 12.5 Å². The minimum absolute atomic E-state index is 0.310. The third kappa shape index (κ3) is 3.48. The molecular formula is C15H16BrNO2S. The minimum atomic E-state index is -3.47. The van der Waals surface area contributed by atoms with Gasteiger partial charge in [-0.05, 0) is 23.8 Å². The second-order valence-corrected chi connectivity index (χ2v) is 7.23. The summed E-state index contributed by atoms with van der Waals surface area (Å²) in [5, 5.41) is 0. The predicted octanol–water partition coefficient (Wildman–Crippen LogP) is 3.66. The van der Waals surface area contributed by atoms with Crippen molar-refractivity contribution in [3.63, 3.8) is 0 Å². The third-order valence-electron chi connectivity index (χ3n) is 2.99. The van der Waals surface area contributed by atoms with Gasteiger partial charge < -0.3 is 0 Å². The second-order valence-electron chi connectivity index (χ2n) is 4.37. The number of hydrogen-bond acceptors (Lipinski definition) is 2. The second kappa shape index (κ2) is 6.52. The largest absolute Gasteiger partial charge is 0.243 e. The van der Waals surface area contributed by atoms with Crippen molar-refractivity contribution in [1.82, 2.24) is 4.31 Å². The summed E-state index contributed by atoms with van der Waals surface area (Å²) in [5.41, 5.74) is 0.980. The number of halogens is 1. The molecule has 2 aromatic rings. The van der Waals surface area contributed by atoms with Crippen LogP contribution >= 0.6 is 15.9 Å². The van der Waals surface area contributed by atoms with E-state index in [4.69, 9.17) is 0 Å². The van der Waals surface area contributed by atoms with E-state index in [0.717, 1.165) is 10.0 Å². The van der Waals surface area contributed by atoms with Crippen molar-refractivity contribution in [2.75, 3.05) is 6.54 Å². The van der Waals surface area contributed by atoms with E-state index in [-0.39, 0.29) is 0 Å². The Balaban J connectivity index is 2.31. The van der Waals surface area contributed by atoms with Crippen LogP contribution in [0, 0.1) is 0 Å². The summed E-state index contributed by atoms with van der Waals surface area (Å²) in [6.07, 6.45) is 0. The lowest BCUT2D eigenvalue weighted by atomic mass is 10.2. The molecule has 0 amide bonds. The molecule has 20 heavy (non-hydrogen) atoms. The Kier molecular flexibility index (Phi) is 4.96. The SMILES string of the molecule is CCN(Cc1ccccc1)S(=O)(=O)c1cccc(Br)c1. The smallest absolute Gasteiger partial charge is 0.207 e. The van der Waals surface area contributed by atoms with Crippen LogP contribution in [0.4, 0.5) is 0 Å². The van der Waals surface area contributed by atoms with E-state index in [1.54, 1.807) is 18.2 Å². The zero-order valence-corrected chi connectivity index (χ0v) is 13.6. The molecule has 2 rings (SSSR count). The lowest BCUT2D eigenvalue weighted by Gasteiger charge is -2.20. The van der Waals surface area contributed by atoms with Crippen molar-refractivity contribution in [3.8, 4) is 0 Å². The maximum absolute atomic E-state index is 12.6. The molecule has 0 aliphatic rings. The molecule has 0 radical (unpaired) electrons. The maximum Gasteiger partial charge on any atom is 0.243 e. The number of nitrogens with zero attached hydrogens (tertiary/aromatic N) is 1. The highest BCUT2D eigenvalue weighted by Crippen LogP contribution is 2.21. The lowest BCUT2D eigenvalue weighted by molar-refractivity contribution is 0.423. The van der Waals surface area contributed by atoms with Crippen LogP contribution in [0.3, 0.4) is 0 Å². The Morgan fingerprint density at radius 2 is 1.75 bits per heavy atom. The highest BCUT2D eigenvalue weighted by atomic mass is 79.9. The summed E-state index contributed by atoms with van der Waals surface area (Å²) >= 11 is 3.31. The van der Waals surface area contributed by atoms with Crippen molar-refractivity contribution in [3.05, 3.63) is 64.6 Å². The van der Waals surface area contributed by atoms with Crippen molar-refractivity contribution in [2.24, 2.45) is 0 Å². The molecular weight excluding hydrogens is 338 g/mol. The van der Waals surface area contributed by atoms with Gasteiger partial charge in [-0.3, -0.25) is 0 Å². The van der Waals surface area contributed by atoms with Crippen LogP contribution in [0.5, 0.6) is 0 Å². The molecule has 0 aromatic heterocycles. The molecule has 106 valence electrons. The molecule has 0 aliphatic heterocycles. The summed E-state index contributed by atoms with van der Waals surface area (Å²) in [7, 11) is -3.47. The van der Waals surface area contributed by atoms with E-state index < -0.39 is 10.0 Å². The number of sulfonamides is 1. The predicted molar refractivity (Wildman–Crippen MR) is 83.9 cm³/mol. The van der Waals surface area contributed by atoms with Crippen LogP contribution in [-0.4, -0.2) is 19.3 Å². The Morgan fingerprint density at radius 1 is 1.05 bits per heavy atom. The lowest BCUT2D eigenvalue weighted by Crippen LogP contribution is -2.30. The van der Waals surface area contributed by atoms with Gasteiger partial charge in [-0.15, -0.1) is 0 Å². The average Bonchev–Trinajstić information content (AvgIpc) is 2.45. The van der Waals surface area contributed by atoms with Gasteiger partial charge in [0.05, 0.1) is 4.90 Å². The maximum atomic E-state index is 12.6. The van der Waals surface area contributed by atoms with Crippen LogP contribution in [0.2, 0.25) is 0 Å². The first-order valence-corrected chi connectivity index (χ1v) is 8.57. The molecule has 2 aromatic carbocycles. The Bertz CT molecular complexity index is 671. The third-order valence-corrected chi connectivity index (χ3v) is 5.40. The minimum Gasteiger partial charge on any atom is -0.207 e. The monoisotopic (exact) mass is 353 g/mol. The molecule has 0 aliphatic carbocycles. The topological polar surface area (TPSA) is 37.4 Å². The molecule has 3 nitrogen and oxygen atoms in total. The van der Waals surface area contributed by atoms with Gasteiger partial charge in [-0.25, -0.2) is 8.42 Å². The van der Waals surface area contributed by atoms with Crippen molar-refractivity contribution >= 4 is 26.0 Å². The van der Waals surface area contributed by atoms with Crippen molar-refractivity contribution < 1.29 is 8.42 Å². The normalized spacial score (nSPS) is 11.8. The fourth-order valence-electron chi connectivity index (χ4n) is 1.93. The first-order chi connectivity index (χ1) is 9.54. The summed E-state index contributed by atoms with van der Waals surface area (Å²) < 4.78 is 27.5. The zero-order valence-electron chi connectivity index (χ0n) is 11.2. The molecule has 0 heterocycles. The number of rotatable bonds is 5. The van der Waals surface area contributed by atoms with E-state index in [0.29, 0.717) is 18.0 Å². The van der Waals surface area contributed by atoms with Gasteiger partial charge in [-0.2, -0.15) is 4.31 Å². The van der Waals surface area contributed by atoms with Crippen molar-refractivity contribution in [1.29, 1.82) is 0 Å². The van der Waals surface area contributed by atoms with Gasteiger partial charge >= 0.3 is 0 Å².